The second-order valence-electron chi connectivity index (χ2n) is 7.33. The zero-order chi connectivity index (χ0) is 24.0. The van der Waals surface area contributed by atoms with Crippen LogP contribution < -0.4 is 15.0 Å². The van der Waals surface area contributed by atoms with Crippen LogP contribution in [0.3, 0.4) is 0 Å². The number of rotatable bonds is 7. The van der Waals surface area contributed by atoms with Crippen LogP contribution >= 0.6 is 11.8 Å². The summed E-state index contributed by atoms with van der Waals surface area (Å²) in [5.74, 6) is -0.491. The maximum Gasteiger partial charge on any atom is 0.325 e. The highest BCUT2D eigenvalue weighted by Crippen LogP contribution is 2.31. The Morgan fingerprint density at radius 1 is 1.09 bits per heavy atom. The highest BCUT2D eigenvalue weighted by atomic mass is 32.2. The quantitative estimate of drug-likeness (QED) is 0.497. The maximum atomic E-state index is 13.3. The molecule has 172 valence electrons. The monoisotopic (exact) mass is 467 g/mol. The minimum atomic E-state index is -0.539. The molecule has 0 bridgehead atoms. The lowest BCUT2D eigenvalue weighted by Crippen LogP contribution is -2.34. The Balaban J connectivity index is 1.87. The third-order valence-electron chi connectivity index (χ3n) is 4.70. The molecule has 3 rings (SSSR count). The van der Waals surface area contributed by atoms with E-state index in [1.807, 2.05) is 44.2 Å². The first-order valence-corrected chi connectivity index (χ1v) is 11.1. The largest absolute Gasteiger partial charge is 0.497 e. The van der Waals surface area contributed by atoms with E-state index in [4.69, 9.17) is 4.74 Å². The van der Waals surface area contributed by atoms with Gasteiger partial charge in [0.15, 0.2) is 5.17 Å². The van der Waals surface area contributed by atoms with Crippen LogP contribution in [0, 0.1) is 13.8 Å². The van der Waals surface area contributed by atoms with Crippen LogP contribution in [0.4, 0.5) is 5.69 Å². The number of carbonyl (C=O) groups excluding carboxylic acids is 3. The number of carbonyl (C=O) groups is 3. The molecule has 9 heteroatoms. The number of anilines is 1. The maximum absolute atomic E-state index is 13.3. The summed E-state index contributed by atoms with van der Waals surface area (Å²) in [6.07, 6.45) is 1.70. The predicted molar refractivity (Wildman–Crippen MR) is 129 cm³/mol. The smallest absolute Gasteiger partial charge is 0.325 e. The number of methoxy groups -OCH3 is 2. The number of hydrogen-bond acceptors (Lipinski definition) is 7. The molecule has 2 amide bonds. The first kappa shape index (κ1) is 24.1. The molecular formula is C24H25N3O5S. The third kappa shape index (κ3) is 6.23. The number of hydrogen-bond donors (Lipinski definition) is 1. The zero-order valence-electron chi connectivity index (χ0n) is 18.9. The van der Waals surface area contributed by atoms with E-state index < -0.39 is 5.97 Å². The molecule has 0 atom stereocenters. The first-order valence-electron chi connectivity index (χ1n) is 10.1. The van der Waals surface area contributed by atoms with Crippen LogP contribution in [-0.4, -0.2) is 49.5 Å². The van der Waals surface area contributed by atoms with Crippen molar-refractivity contribution in [1.29, 1.82) is 0 Å². The van der Waals surface area contributed by atoms with Gasteiger partial charge in [-0.1, -0.05) is 30.0 Å². The Kier molecular flexibility index (Phi) is 7.89. The second-order valence-corrected chi connectivity index (χ2v) is 8.27. The lowest BCUT2D eigenvalue weighted by molar-refractivity contribution is -0.140. The lowest BCUT2D eigenvalue weighted by atomic mass is 10.1. The fraction of sp³-hybridized carbons (Fsp3) is 0.250. The molecule has 0 saturated heterocycles. The Morgan fingerprint density at radius 3 is 2.36 bits per heavy atom. The number of ether oxygens (including phenoxy) is 2. The van der Waals surface area contributed by atoms with Crippen molar-refractivity contribution in [3.05, 3.63) is 64.9 Å². The van der Waals surface area contributed by atoms with Gasteiger partial charge in [0.2, 0.25) is 5.91 Å². The molecule has 0 unspecified atom stereocenters. The van der Waals surface area contributed by atoms with Crippen molar-refractivity contribution in [2.75, 3.05) is 31.4 Å². The van der Waals surface area contributed by atoms with Gasteiger partial charge in [-0.15, -0.1) is 0 Å². The van der Waals surface area contributed by atoms with E-state index in [1.54, 1.807) is 25.3 Å². The minimum Gasteiger partial charge on any atom is -0.497 e. The van der Waals surface area contributed by atoms with E-state index in [9.17, 15) is 14.4 Å². The van der Waals surface area contributed by atoms with Crippen molar-refractivity contribution in [2.45, 2.75) is 13.8 Å². The van der Waals surface area contributed by atoms with Crippen molar-refractivity contribution < 1.29 is 23.9 Å². The number of aliphatic imine (C=N–C) groups is 1. The van der Waals surface area contributed by atoms with Crippen molar-refractivity contribution in [2.24, 2.45) is 4.99 Å². The Hall–Kier alpha value is -3.59. The molecule has 1 aliphatic heterocycles. The molecule has 0 radical (unpaired) electrons. The molecule has 0 fully saturated rings. The number of amides is 2. The minimum absolute atomic E-state index is 0.0137. The standard InChI is InChI=1S/C24H25N3O5S/c1-15-9-16(2)11-18(10-15)27-23(30)20(12-17-5-7-19(31-3)8-6-17)26-24(27)33-14-21(28)25-13-22(29)32-4/h5-12H,13-14H2,1-4H3,(H,25,28)/b20-12-. The van der Waals surface area contributed by atoms with Gasteiger partial charge in [0, 0.05) is 0 Å². The number of nitrogens with zero attached hydrogens (tertiary/aromatic N) is 2. The fourth-order valence-electron chi connectivity index (χ4n) is 3.18. The van der Waals surface area contributed by atoms with E-state index in [0.717, 1.165) is 28.5 Å². The molecule has 0 spiro atoms. The number of nitrogens with one attached hydrogen (secondary N) is 1. The third-order valence-corrected chi connectivity index (χ3v) is 5.64. The highest BCUT2D eigenvalue weighted by molar-refractivity contribution is 8.14. The van der Waals surface area contributed by atoms with Crippen LogP contribution in [0.15, 0.2) is 53.2 Å². The van der Waals surface area contributed by atoms with Gasteiger partial charge < -0.3 is 14.8 Å². The van der Waals surface area contributed by atoms with E-state index in [2.05, 4.69) is 15.0 Å². The fourth-order valence-corrected chi connectivity index (χ4v) is 4.03. The summed E-state index contributed by atoms with van der Waals surface area (Å²) in [5, 5.41) is 2.87. The predicted octanol–water partition coefficient (Wildman–Crippen LogP) is 3.08. The van der Waals surface area contributed by atoms with Crippen molar-refractivity contribution in [3.8, 4) is 5.75 Å². The molecule has 2 aromatic rings. The van der Waals surface area contributed by atoms with Gasteiger partial charge >= 0.3 is 5.97 Å². The topological polar surface area (TPSA) is 97.3 Å². The summed E-state index contributed by atoms with van der Waals surface area (Å²) in [6.45, 7) is 3.69. The number of aryl methyl sites for hydroxylation is 2. The van der Waals surface area contributed by atoms with Crippen LogP contribution in [0.25, 0.3) is 6.08 Å². The van der Waals surface area contributed by atoms with Gasteiger partial charge in [-0.2, -0.15) is 0 Å². The average Bonchev–Trinajstić information content (AvgIpc) is 3.10. The number of amidine groups is 1. The molecule has 33 heavy (non-hydrogen) atoms. The summed E-state index contributed by atoms with van der Waals surface area (Å²) < 4.78 is 9.70. The van der Waals surface area contributed by atoms with E-state index in [0.29, 0.717) is 16.6 Å². The summed E-state index contributed by atoms with van der Waals surface area (Å²) in [6, 6.07) is 13.1. The molecule has 1 aliphatic rings. The molecule has 1 N–H and O–H groups in total. The molecule has 1 heterocycles. The summed E-state index contributed by atoms with van der Waals surface area (Å²) >= 11 is 1.12. The van der Waals surface area contributed by atoms with Gasteiger partial charge in [-0.25, -0.2) is 4.99 Å². The number of thioether (sulfide) groups is 1. The Morgan fingerprint density at radius 2 is 1.76 bits per heavy atom. The molecule has 0 saturated carbocycles. The molecule has 2 aromatic carbocycles. The molecule has 0 aliphatic carbocycles. The van der Waals surface area contributed by atoms with Crippen molar-refractivity contribution >= 4 is 46.5 Å². The molecule has 0 aromatic heterocycles. The van der Waals surface area contributed by atoms with Gasteiger partial charge in [0.1, 0.15) is 18.0 Å². The van der Waals surface area contributed by atoms with E-state index in [-0.39, 0.29) is 29.8 Å². The first-order chi connectivity index (χ1) is 15.8. The Bertz CT molecular complexity index is 1110. The van der Waals surface area contributed by atoms with Gasteiger partial charge in [-0.3, -0.25) is 19.3 Å². The van der Waals surface area contributed by atoms with E-state index in [1.165, 1.54) is 12.0 Å². The Labute approximate surface area is 196 Å². The summed E-state index contributed by atoms with van der Waals surface area (Å²) in [7, 11) is 2.84. The average molecular weight is 468 g/mol. The second kappa shape index (κ2) is 10.8. The van der Waals surface area contributed by atoms with Gasteiger partial charge in [0.25, 0.3) is 5.91 Å². The summed E-state index contributed by atoms with van der Waals surface area (Å²) in [4.78, 5) is 42.7. The van der Waals surface area contributed by atoms with Gasteiger partial charge in [0.05, 0.1) is 25.7 Å². The van der Waals surface area contributed by atoms with Crippen LogP contribution in [0.2, 0.25) is 0 Å². The summed E-state index contributed by atoms with van der Waals surface area (Å²) in [5.41, 5.74) is 3.75. The van der Waals surface area contributed by atoms with Crippen LogP contribution in [0.5, 0.6) is 5.75 Å². The van der Waals surface area contributed by atoms with Crippen LogP contribution in [-0.2, 0) is 19.1 Å². The highest BCUT2D eigenvalue weighted by Gasteiger charge is 2.32. The normalized spacial score (nSPS) is 14.3. The van der Waals surface area contributed by atoms with Crippen LogP contribution in [0.1, 0.15) is 16.7 Å². The molecular weight excluding hydrogens is 442 g/mol. The zero-order valence-corrected chi connectivity index (χ0v) is 19.7. The number of esters is 1. The van der Waals surface area contributed by atoms with Crippen molar-refractivity contribution in [3.63, 3.8) is 0 Å². The van der Waals surface area contributed by atoms with Crippen molar-refractivity contribution in [1.82, 2.24) is 5.32 Å². The number of benzene rings is 2. The van der Waals surface area contributed by atoms with Gasteiger partial charge in [-0.05, 0) is 60.9 Å². The lowest BCUT2D eigenvalue weighted by Gasteiger charge is -2.19. The molecule has 8 nitrogen and oxygen atoms in total. The van der Waals surface area contributed by atoms with E-state index >= 15 is 0 Å². The SMILES string of the molecule is COC(=O)CNC(=O)CSC1=N/C(=C\c2ccc(OC)cc2)C(=O)N1c1cc(C)cc(C)c1.